The number of carboxylic acid groups (broad SMARTS) is 1. The van der Waals surface area contributed by atoms with Gasteiger partial charge in [-0.05, 0) is 18.6 Å². The third kappa shape index (κ3) is 3.96. The molecule has 7 nitrogen and oxygen atoms in total. The highest BCUT2D eigenvalue weighted by Crippen LogP contribution is 2.25. The average molecular weight is 263 g/mol. The lowest BCUT2D eigenvalue weighted by molar-refractivity contribution is -0.384. The van der Waals surface area contributed by atoms with Gasteiger partial charge in [-0.2, -0.15) is 5.26 Å². The molecule has 0 saturated heterocycles. The summed E-state index contributed by atoms with van der Waals surface area (Å²) in [7, 11) is 0. The van der Waals surface area contributed by atoms with E-state index in [4.69, 9.17) is 10.4 Å². The van der Waals surface area contributed by atoms with Crippen LogP contribution in [0.5, 0.6) is 0 Å². The van der Waals surface area contributed by atoms with Crippen LogP contribution in [0.25, 0.3) is 0 Å². The van der Waals surface area contributed by atoms with Crippen molar-refractivity contribution in [3.8, 4) is 6.07 Å². The summed E-state index contributed by atoms with van der Waals surface area (Å²) in [5.74, 6) is -1.43. The predicted molar refractivity (Wildman–Crippen MR) is 67.7 cm³/mol. The Morgan fingerprint density at radius 2 is 2.32 bits per heavy atom. The van der Waals surface area contributed by atoms with Gasteiger partial charge in [0.1, 0.15) is 5.69 Å². The van der Waals surface area contributed by atoms with Crippen molar-refractivity contribution in [2.24, 2.45) is 5.92 Å². The first-order valence-corrected chi connectivity index (χ1v) is 5.61. The third-order valence-corrected chi connectivity index (χ3v) is 2.64. The zero-order valence-electron chi connectivity index (χ0n) is 10.3. The largest absolute Gasteiger partial charge is 0.481 e. The van der Waals surface area contributed by atoms with E-state index in [-0.39, 0.29) is 16.9 Å². The van der Waals surface area contributed by atoms with Crippen molar-refractivity contribution in [3.63, 3.8) is 0 Å². The van der Waals surface area contributed by atoms with E-state index in [1.165, 1.54) is 18.2 Å². The lowest BCUT2D eigenvalue weighted by atomic mass is 10.1. The summed E-state index contributed by atoms with van der Waals surface area (Å²) in [6.45, 7) is 1.87. The van der Waals surface area contributed by atoms with Gasteiger partial charge in [0, 0.05) is 12.6 Å². The highest BCUT2D eigenvalue weighted by molar-refractivity contribution is 5.69. The number of rotatable bonds is 6. The standard InChI is InChI=1S/C12H13N3O4/c1-8(12(16)17)4-5-14-10-3-2-9(7-13)6-11(10)15(18)19/h2-3,6,8,14H,4-5H2,1H3,(H,16,17). The van der Waals surface area contributed by atoms with Crippen LogP contribution in [0.15, 0.2) is 18.2 Å². The number of nitriles is 1. The number of aliphatic carboxylic acids is 1. The highest BCUT2D eigenvalue weighted by atomic mass is 16.6. The molecule has 1 aromatic rings. The number of anilines is 1. The SMILES string of the molecule is CC(CCNc1ccc(C#N)cc1[N+](=O)[O-])C(=O)O. The molecule has 1 rings (SSSR count). The monoisotopic (exact) mass is 263 g/mol. The van der Waals surface area contributed by atoms with Gasteiger partial charge in [-0.15, -0.1) is 0 Å². The first-order valence-electron chi connectivity index (χ1n) is 5.61. The fourth-order valence-electron chi connectivity index (χ4n) is 1.45. The number of benzene rings is 1. The van der Waals surface area contributed by atoms with Crippen molar-refractivity contribution < 1.29 is 14.8 Å². The van der Waals surface area contributed by atoms with Gasteiger partial charge in [-0.1, -0.05) is 6.92 Å². The number of nitrogens with zero attached hydrogens (tertiary/aromatic N) is 2. The number of carbonyl (C=O) groups is 1. The molecule has 0 aliphatic heterocycles. The van der Waals surface area contributed by atoms with Crippen LogP contribution >= 0.6 is 0 Å². The molecule has 0 aliphatic carbocycles. The third-order valence-electron chi connectivity index (χ3n) is 2.64. The number of carboxylic acids is 1. The van der Waals surface area contributed by atoms with Crippen molar-refractivity contribution in [1.29, 1.82) is 5.26 Å². The quantitative estimate of drug-likeness (QED) is 0.598. The fraction of sp³-hybridized carbons (Fsp3) is 0.333. The van der Waals surface area contributed by atoms with Gasteiger partial charge < -0.3 is 10.4 Å². The maximum absolute atomic E-state index is 10.9. The highest BCUT2D eigenvalue weighted by Gasteiger charge is 2.15. The molecule has 0 saturated carbocycles. The van der Waals surface area contributed by atoms with Crippen LogP contribution in [0, 0.1) is 27.4 Å². The van der Waals surface area contributed by atoms with Crippen LogP contribution in [0.1, 0.15) is 18.9 Å². The molecular weight excluding hydrogens is 250 g/mol. The molecule has 0 aromatic heterocycles. The van der Waals surface area contributed by atoms with E-state index in [9.17, 15) is 14.9 Å². The van der Waals surface area contributed by atoms with Gasteiger partial charge in [0.15, 0.2) is 0 Å². The van der Waals surface area contributed by atoms with Gasteiger partial charge in [0.2, 0.25) is 0 Å². The topological polar surface area (TPSA) is 116 Å². The molecule has 0 heterocycles. The summed E-state index contributed by atoms with van der Waals surface area (Å²) in [6, 6.07) is 5.93. The minimum atomic E-state index is -0.906. The van der Waals surface area contributed by atoms with Gasteiger partial charge in [-0.3, -0.25) is 14.9 Å². The van der Waals surface area contributed by atoms with E-state index < -0.39 is 16.8 Å². The molecule has 0 fully saturated rings. The zero-order chi connectivity index (χ0) is 14.4. The van der Waals surface area contributed by atoms with Crippen LogP contribution < -0.4 is 5.32 Å². The van der Waals surface area contributed by atoms with Gasteiger partial charge in [0.05, 0.1) is 22.5 Å². The Kier molecular flexibility index (Phi) is 4.83. The summed E-state index contributed by atoms with van der Waals surface area (Å²) in [5.41, 5.74) is 0.291. The van der Waals surface area contributed by atoms with Crippen molar-refractivity contribution in [2.75, 3.05) is 11.9 Å². The smallest absolute Gasteiger partial charge is 0.306 e. The van der Waals surface area contributed by atoms with Crippen LogP contribution in [-0.2, 0) is 4.79 Å². The van der Waals surface area contributed by atoms with Crippen LogP contribution in [-0.4, -0.2) is 22.5 Å². The van der Waals surface area contributed by atoms with Crippen LogP contribution in [0.4, 0.5) is 11.4 Å². The summed E-state index contributed by atoms with van der Waals surface area (Å²) >= 11 is 0. The van der Waals surface area contributed by atoms with E-state index in [1.807, 2.05) is 6.07 Å². The first kappa shape index (κ1) is 14.4. The van der Waals surface area contributed by atoms with E-state index in [2.05, 4.69) is 5.32 Å². The number of hydrogen-bond donors (Lipinski definition) is 2. The number of nitro groups is 1. The Hall–Kier alpha value is -2.62. The summed E-state index contributed by atoms with van der Waals surface area (Å²) in [5, 5.41) is 31.1. The molecule has 7 heteroatoms. The second kappa shape index (κ2) is 6.35. The molecule has 1 unspecified atom stereocenters. The molecule has 0 radical (unpaired) electrons. The molecule has 100 valence electrons. The Bertz CT molecular complexity index is 536. The first-order chi connectivity index (χ1) is 8.95. The normalized spacial score (nSPS) is 11.4. The number of hydrogen-bond acceptors (Lipinski definition) is 5. The van der Waals surface area contributed by atoms with Crippen molar-refractivity contribution in [2.45, 2.75) is 13.3 Å². The van der Waals surface area contributed by atoms with E-state index in [1.54, 1.807) is 6.92 Å². The second-order valence-electron chi connectivity index (χ2n) is 4.06. The van der Waals surface area contributed by atoms with Gasteiger partial charge in [0.25, 0.3) is 5.69 Å². The van der Waals surface area contributed by atoms with E-state index in [0.717, 1.165) is 0 Å². The van der Waals surface area contributed by atoms with Crippen molar-refractivity contribution in [3.05, 3.63) is 33.9 Å². The summed E-state index contributed by atoms with van der Waals surface area (Å²) in [4.78, 5) is 20.9. The number of nitrogens with one attached hydrogen (secondary N) is 1. The second-order valence-corrected chi connectivity index (χ2v) is 4.06. The molecule has 0 aliphatic rings. The molecule has 0 spiro atoms. The lowest BCUT2D eigenvalue weighted by Gasteiger charge is -2.09. The Labute approximate surface area is 109 Å². The molecule has 0 amide bonds. The van der Waals surface area contributed by atoms with Gasteiger partial charge >= 0.3 is 5.97 Å². The average Bonchev–Trinajstić information content (AvgIpc) is 2.38. The molecular formula is C12H13N3O4. The maximum atomic E-state index is 10.9. The maximum Gasteiger partial charge on any atom is 0.306 e. The van der Waals surface area contributed by atoms with Crippen LogP contribution in [0.2, 0.25) is 0 Å². The summed E-state index contributed by atoms with van der Waals surface area (Å²) in [6.07, 6.45) is 0.354. The molecule has 1 aromatic carbocycles. The molecule has 0 bridgehead atoms. The molecule has 1 atom stereocenters. The van der Waals surface area contributed by atoms with Gasteiger partial charge in [-0.25, -0.2) is 0 Å². The Morgan fingerprint density at radius 3 is 2.84 bits per heavy atom. The number of nitro benzene ring substituents is 1. The summed E-state index contributed by atoms with van der Waals surface area (Å²) < 4.78 is 0. The van der Waals surface area contributed by atoms with Crippen LogP contribution in [0.3, 0.4) is 0 Å². The Balaban J connectivity index is 2.76. The molecule has 19 heavy (non-hydrogen) atoms. The minimum Gasteiger partial charge on any atom is -0.481 e. The predicted octanol–water partition coefficient (Wildman–Crippen LogP) is 1.99. The fourth-order valence-corrected chi connectivity index (χ4v) is 1.45. The molecule has 2 N–H and O–H groups in total. The van der Waals surface area contributed by atoms with E-state index >= 15 is 0 Å². The van der Waals surface area contributed by atoms with Crippen molar-refractivity contribution in [1.82, 2.24) is 0 Å². The minimum absolute atomic E-state index is 0.193. The van der Waals surface area contributed by atoms with E-state index in [0.29, 0.717) is 13.0 Å². The zero-order valence-corrected chi connectivity index (χ0v) is 10.3. The lowest BCUT2D eigenvalue weighted by Crippen LogP contribution is -2.14. The Morgan fingerprint density at radius 1 is 1.63 bits per heavy atom. The van der Waals surface area contributed by atoms with Crippen molar-refractivity contribution >= 4 is 17.3 Å².